The third-order valence-corrected chi connectivity index (χ3v) is 16.7. The Kier molecular flexibility index (Phi) is 21.7. The van der Waals surface area contributed by atoms with Crippen LogP contribution in [0.15, 0.2) is 110 Å². The van der Waals surface area contributed by atoms with Crippen molar-refractivity contribution in [2.24, 2.45) is 0 Å². The fourth-order valence-electron chi connectivity index (χ4n) is 9.12. The van der Waals surface area contributed by atoms with Crippen LogP contribution in [0.4, 0.5) is 17.3 Å². The summed E-state index contributed by atoms with van der Waals surface area (Å²) in [5, 5.41) is 74.8. The normalized spacial score (nSPS) is 24.2. The molecule has 2 unspecified atom stereocenters. The average molecular weight is 1300 g/mol. The molecule has 0 amide bonds. The molecule has 7 aromatic rings. The van der Waals surface area contributed by atoms with Gasteiger partial charge in [0.15, 0.2) is 17.4 Å². The zero-order valence-corrected chi connectivity index (χ0v) is 50.5. The zero-order chi connectivity index (χ0) is 63.8. The number of ether oxygens (including phenoxy) is 6. The molecule has 37 heteroatoms. The molecule has 0 radical (unpaired) electrons. The van der Waals surface area contributed by atoms with Crippen LogP contribution >= 0.6 is 27.9 Å². The van der Waals surface area contributed by atoms with Gasteiger partial charge in [0.2, 0.25) is 11.2 Å². The van der Waals surface area contributed by atoms with Crippen molar-refractivity contribution in [3.63, 3.8) is 0 Å². The maximum absolute atomic E-state index is 13.6. The van der Waals surface area contributed by atoms with Crippen molar-refractivity contribution >= 4 is 68.2 Å². The van der Waals surface area contributed by atoms with Gasteiger partial charge in [-0.2, -0.15) is 30.9 Å². The van der Waals surface area contributed by atoms with E-state index in [4.69, 9.17) is 48.5 Å². The SMILES string of the molecule is CC1(C)O[C@H]2[C@H](c3ccc4c(N)ncnn34)O[C@](C#N)(CO)[C@H]2O1.COC(=O)[C@H](C)NP(=O)(OC[C@@]1(C#N)O[C@@H](c2ccc3c(N)ncnn23)[C@H](O)[C@@H]1O)Oc1cccnc1.COC(=O)[C@H](C)NP(=O)(OCc1ccc([N+](=O)[O-])cc1)Oc1cccnc1.Cl. The van der Waals surface area contributed by atoms with Crippen molar-refractivity contribution < 1.29 is 85.5 Å². The topological polar surface area (TPSA) is 474 Å². The van der Waals surface area contributed by atoms with Crippen LogP contribution < -0.4 is 30.7 Å². The maximum atomic E-state index is 13.6. The second kappa shape index (κ2) is 28.4. The summed E-state index contributed by atoms with van der Waals surface area (Å²) >= 11 is 0. The van der Waals surface area contributed by atoms with Crippen molar-refractivity contribution in [3.8, 4) is 23.6 Å². The number of carbonyl (C=O) groups is 2. The molecule has 3 saturated heterocycles. The number of benzene rings is 1. The number of halogens is 1. The summed E-state index contributed by atoms with van der Waals surface area (Å²) in [6.45, 7) is 4.84. The fraction of sp³-hybridized carbons (Fsp3) is 0.385. The van der Waals surface area contributed by atoms with Crippen molar-refractivity contribution in [3.05, 3.63) is 137 Å². The Morgan fingerprint density at radius 3 is 1.72 bits per heavy atom. The van der Waals surface area contributed by atoms with Crippen LogP contribution in [0.2, 0.25) is 0 Å². The molecule has 34 nitrogen and oxygen atoms in total. The van der Waals surface area contributed by atoms with E-state index < -0.39 is 111 Å². The number of nitro groups is 1. The Hall–Kier alpha value is -8.41. The van der Waals surface area contributed by atoms with E-state index >= 15 is 0 Å². The molecule has 89 heavy (non-hydrogen) atoms. The monoisotopic (exact) mass is 1300 g/mol. The van der Waals surface area contributed by atoms with E-state index in [-0.39, 0.29) is 47.7 Å². The van der Waals surface area contributed by atoms with Crippen LogP contribution in [-0.4, -0.2) is 152 Å². The van der Waals surface area contributed by atoms with Gasteiger partial charge in [-0.1, -0.05) is 0 Å². The van der Waals surface area contributed by atoms with Gasteiger partial charge in [-0.05, 0) is 93.9 Å². The molecule has 12 atom stereocenters. The van der Waals surface area contributed by atoms with Gasteiger partial charge in [0, 0.05) is 24.5 Å². The minimum atomic E-state index is -4.40. The van der Waals surface area contributed by atoms with Crippen molar-refractivity contribution in [2.45, 2.75) is 100.0 Å². The second-order valence-electron chi connectivity index (χ2n) is 19.9. The number of nitrogens with zero attached hydrogens (tertiary/aromatic N) is 11. The van der Waals surface area contributed by atoms with Crippen molar-refractivity contribution in [1.29, 1.82) is 10.5 Å². The molecule has 0 spiro atoms. The number of methoxy groups -OCH3 is 2. The van der Waals surface area contributed by atoms with Crippen LogP contribution in [0.3, 0.4) is 0 Å². The molecule has 3 fully saturated rings. The molecule has 0 saturated carbocycles. The highest BCUT2D eigenvalue weighted by atomic mass is 35.5. The van der Waals surface area contributed by atoms with Crippen LogP contribution in [0.5, 0.6) is 11.5 Å². The van der Waals surface area contributed by atoms with Crippen molar-refractivity contribution in [1.82, 2.24) is 49.3 Å². The predicted molar refractivity (Wildman–Crippen MR) is 307 cm³/mol. The molecular formula is C52H60ClN15O19P2. The fourth-order valence-corrected chi connectivity index (χ4v) is 12.1. The quantitative estimate of drug-likeness (QED) is 0.0248. The summed E-state index contributed by atoms with van der Waals surface area (Å²) in [6.07, 6.45) is 1.58. The number of rotatable bonds is 20. The van der Waals surface area contributed by atoms with Gasteiger partial charge in [-0.3, -0.25) is 38.7 Å². The highest BCUT2D eigenvalue weighted by Gasteiger charge is 2.64. The van der Waals surface area contributed by atoms with E-state index in [1.807, 2.05) is 6.07 Å². The number of fused-ring (bicyclic) bond motifs is 3. The first kappa shape index (κ1) is 68.1. The zero-order valence-electron chi connectivity index (χ0n) is 47.9. The largest absolute Gasteiger partial charge is 0.468 e. The number of carbonyl (C=O) groups excluding carboxylic acids is 2. The third-order valence-electron chi connectivity index (χ3n) is 13.4. The molecular weight excluding hydrogens is 1240 g/mol. The molecule has 10 rings (SSSR count). The number of nitrogens with one attached hydrogen (secondary N) is 2. The highest BCUT2D eigenvalue weighted by Crippen LogP contribution is 2.51. The van der Waals surface area contributed by atoms with Crippen LogP contribution in [0.25, 0.3) is 11.0 Å². The second-order valence-corrected chi connectivity index (χ2v) is 23.3. The molecule has 0 aliphatic carbocycles. The molecule has 474 valence electrons. The minimum absolute atomic E-state index is 0. The van der Waals surface area contributed by atoms with Crippen LogP contribution in [0, 0.1) is 32.8 Å². The summed E-state index contributed by atoms with van der Waals surface area (Å²) in [4.78, 5) is 49.3. The summed E-state index contributed by atoms with van der Waals surface area (Å²) in [7, 11) is -6.04. The number of hydrogen-bond donors (Lipinski definition) is 7. The standard InChI is InChI=1S/C21H24N7O8P.C16H18N3O7P.C15H17N5O4.ClH/c1-12(20(31)33-2)27-37(32,36-13-4-3-7-24-8-13)34-10-21(9-22)18(30)16(29)17(35-21)14-5-6-15-19(23)25-11-26-28(14)15;1-12(16(20)24-2)18-27(23,26-15-4-3-9-17-10-15)25-11-13-5-7-14(8-6-13)19(21)22;1-14(2)22-11-10(23-15(5-16,6-21)12(11)24-14)8-3-4-9-13(17)18-7-19-20(8)9;/h3-8,11-12,16-18,29-30H,10H2,1-2H3,(H,27,32)(H2,23,25,26);3-10,12H,11H2,1-2H3,(H,18,23);3-4,7,10-12,21H,6H2,1-2H3,(H2,17,18,19);1H/t12-,16-,17-,18-,21+,37?;12-,27?;10-,11-,12-,15+;/m000./s1. The van der Waals surface area contributed by atoms with Gasteiger partial charge < -0.3 is 64.3 Å². The predicted octanol–water partition coefficient (Wildman–Crippen LogP) is 3.54. The number of nitro benzene ring substituents is 1. The Balaban J connectivity index is 0.000000194. The smallest absolute Gasteiger partial charge is 0.459 e. The van der Waals surface area contributed by atoms with Gasteiger partial charge in [-0.25, -0.2) is 28.1 Å². The number of aliphatic hydroxyl groups excluding tert-OH is 3. The molecule has 3 aliphatic heterocycles. The number of nitrogens with two attached hydrogens (primary N) is 2. The van der Waals surface area contributed by atoms with Gasteiger partial charge in [0.25, 0.3) is 5.69 Å². The number of non-ortho nitro benzene ring substituents is 1. The number of anilines is 2. The van der Waals surface area contributed by atoms with E-state index in [2.05, 4.69) is 49.8 Å². The Bertz CT molecular complexity index is 3810. The van der Waals surface area contributed by atoms with Gasteiger partial charge in [0.1, 0.15) is 103 Å². The number of nitrogen functional groups attached to an aromatic ring is 2. The Labute approximate surface area is 511 Å². The Morgan fingerprint density at radius 2 is 1.26 bits per heavy atom. The molecule has 3 aliphatic rings. The van der Waals surface area contributed by atoms with E-state index in [1.165, 1.54) is 105 Å². The average Bonchev–Trinajstić information content (AvgIpc) is 2.53. The number of aliphatic hydroxyl groups is 3. The van der Waals surface area contributed by atoms with Gasteiger partial charge >= 0.3 is 27.4 Å². The molecule has 9 heterocycles. The number of hydrogen-bond acceptors (Lipinski definition) is 29. The third kappa shape index (κ3) is 15.2. The molecule has 0 bridgehead atoms. The van der Waals surface area contributed by atoms with Gasteiger partial charge in [0.05, 0.1) is 56.1 Å². The lowest BCUT2D eigenvalue weighted by atomic mass is 9.96. The maximum Gasteiger partial charge on any atom is 0.459 e. The number of esters is 2. The van der Waals surface area contributed by atoms with Gasteiger partial charge in [-0.15, -0.1) is 12.4 Å². The first-order chi connectivity index (χ1) is 41.9. The van der Waals surface area contributed by atoms with E-state index in [1.54, 1.807) is 54.8 Å². The minimum Gasteiger partial charge on any atom is -0.468 e. The molecule has 9 N–H and O–H groups in total. The van der Waals surface area contributed by atoms with Crippen LogP contribution in [0.1, 0.15) is 56.9 Å². The summed E-state index contributed by atoms with van der Waals surface area (Å²) < 4.78 is 84.1. The summed E-state index contributed by atoms with van der Waals surface area (Å²) in [5.41, 5.74) is 10.5. The lowest BCUT2D eigenvalue weighted by Gasteiger charge is -2.28. The van der Waals surface area contributed by atoms with E-state index in [9.17, 15) is 54.7 Å². The first-order valence-electron chi connectivity index (χ1n) is 26.2. The number of pyridine rings is 2. The lowest BCUT2D eigenvalue weighted by molar-refractivity contribution is -0.384. The van der Waals surface area contributed by atoms with Crippen molar-refractivity contribution in [2.75, 3.05) is 38.9 Å². The first-order valence-corrected chi connectivity index (χ1v) is 29.2. The summed E-state index contributed by atoms with van der Waals surface area (Å²) in [5.74, 6) is -1.58. The number of aromatic nitrogens is 8. The highest BCUT2D eigenvalue weighted by molar-refractivity contribution is 7.52. The number of nitriles is 2. The van der Waals surface area contributed by atoms with E-state index in [0.717, 1.165) is 7.11 Å². The molecule has 1 aromatic carbocycles. The van der Waals surface area contributed by atoms with Crippen LogP contribution in [-0.2, 0) is 62.8 Å². The Morgan fingerprint density at radius 1 is 0.764 bits per heavy atom. The summed E-state index contributed by atoms with van der Waals surface area (Å²) in [6, 6.07) is 20.0. The lowest BCUT2D eigenvalue weighted by Crippen LogP contribution is -2.46. The molecule has 6 aromatic heterocycles. The van der Waals surface area contributed by atoms with E-state index in [0.29, 0.717) is 28.1 Å².